The third-order valence-electron chi connectivity index (χ3n) is 6.43. The minimum Gasteiger partial charge on any atom is -0.497 e. The lowest BCUT2D eigenvalue weighted by Crippen LogP contribution is -2.44. The molecule has 4 nitrogen and oxygen atoms in total. The smallest absolute Gasteiger partial charge is 0.119 e. The van der Waals surface area contributed by atoms with E-state index in [0.717, 1.165) is 42.8 Å². The Balaban J connectivity index is 1.27. The van der Waals surface area contributed by atoms with Gasteiger partial charge in [0.25, 0.3) is 0 Å². The van der Waals surface area contributed by atoms with Crippen molar-refractivity contribution in [3.8, 4) is 5.75 Å². The summed E-state index contributed by atoms with van der Waals surface area (Å²) < 4.78 is 5.27. The van der Waals surface area contributed by atoms with Crippen molar-refractivity contribution < 1.29 is 9.84 Å². The number of methoxy groups -OCH3 is 1. The van der Waals surface area contributed by atoms with E-state index < -0.39 is 0 Å². The molecule has 1 atom stereocenters. The molecule has 2 saturated heterocycles. The van der Waals surface area contributed by atoms with E-state index in [4.69, 9.17) is 4.74 Å². The molecule has 1 unspecified atom stereocenters. The molecule has 0 aromatic heterocycles. The molecule has 150 valence electrons. The van der Waals surface area contributed by atoms with Crippen LogP contribution in [0.1, 0.15) is 30.4 Å². The molecule has 1 N–H and O–H groups in total. The molecule has 0 spiro atoms. The van der Waals surface area contributed by atoms with Gasteiger partial charge in [0.1, 0.15) is 5.75 Å². The molecule has 0 bridgehead atoms. The average Bonchev–Trinajstić information content (AvgIpc) is 3.22. The van der Waals surface area contributed by atoms with Crippen LogP contribution in [-0.2, 0) is 13.0 Å². The van der Waals surface area contributed by atoms with Crippen LogP contribution < -0.4 is 9.64 Å². The van der Waals surface area contributed by atoms with Crippen molar-refractivity contribution in [2.75, 3.05) is 38.2 Å². The zero-order valence-electron chi connectivity index (χ0n) is 16.9. The van der Waals surface area contributed by atoms with Crippen molar-refractivity contribution in [3.05, 3.63) is 59.7 Å². The number of piperidine rings is 1. The van der Waals surface area contributed by atoms with Gasteiger partial charge in [0.05, 0.1) is 13.7 Å². The number of rotatable bonds is 6. The maximum atomic E-state index is 9.35. The molecule has 0 amide bonds. The maximum absolute atomic E-state index is 9.35. The fourth-order valence-corrected chi connectivity index (χ4v) is 4.83. The molecular weight excluding hydrogens is 348 g/mol. The van der Waals surface area contributed by atoms with Gasteiger partial charge < -0.3 is 14.7 Å². The number of aliphatic hydroxyl groups excluding tert-OH is 1. The first-order valence-corrected chi connectivity index (χ1v) is 10.6. The van der Waals surface area contributed by atoms with Crippen LogP contribution >= 0.6 is 0 Å². The van der Waals surface area contributed by atoms with Crippen LogP contribution in [0.15, 0.2) is 48.5 Å². The van der Waals surface area contributed by atoms with Gasteiger partial charge in [0.2, 0.25) is 0 Å². The van der Waals surface area contributed by atoms with Crippen LogP contribution in [0.25, 0.3) is 0 Å². The summed E-state index contributed by atoms with van der Waals surface area (Å²) in [4.78, 5) is 5.23. The number of anilines is 1. The summed E-state index contributed by atoms with van der Waals surface area (Å²) in [7, 11) is 1.72. The highest BCUT2D eigenvalue weighted by Gasteiger charge is 2.30. The van der Waals surface area contributed by atoms with Gasteiger partial charge in [0, 0.05) is 31.4 Å². The normalized spacial score (nSPS) is 21.2. The van der Waals surface area contributed by atoms with E-state index in [9.17, 15) is 5.11 Å². The van der Waals surface area contributed by atoms with Gasteiger partial charge in [-0.05, 0) is 73.5 Å². The molecule has 2 fully saturated rings. The molecule has 2 aliphatic heterocycles. The first kappa shape index (κ1) is 19.3. The predicted molar refractivity (Wildman–Crippen MR) is 114 cm³/mol. The Morgan fingerprint density at radius 1 is 0.964 bits per heavy atom. The molecule has 4 heteroatoms. The van der Waals surface area contributed by atoms with Gasteiger partial charge >= 0.3 is 0 Å². The van der Waals surface area contributed by atoms with E-state index in [0.29, 0.717) is 0 Å². The fourth-order valence-electron chi connectivity index (χ4n) is 4.83. The average molecular weight is 381 g/mol. The lowest BCUT2D eigenvalue weighted by Gasteiger charge is -2.38. The summed E-state index contributed by atoms with van der Waals surface area (Å²) in [5.41, 5.74) is 3.70. The summed E-state index contributed by atoms with van der Waals surface area (Å²) >= 11 is 0. The zero-order valence-corrected chi connectivity index (χ0v) is 16.9. The summed E-state index contributed by atoms with van der Waals surface area (Å²) in [5.74, 6) is 1.67. The number of likely N-dealkylation sites (tertiary alicyclic amines) is 1. The van der Waals surface area contributed by atoms with Crippen LogP contribution in [0.3, 0.4) is 0 Å². The summed E-state index contributed by atoms with van der Waals surface area (Å²) in [5, 5.41) is 9.35. The number of benzene rings is 2. The largest absolute Gasteiger partial charge is 0.497 e. The monoisotopic (exact) mass is 380 g/mol. The SMILES string of the molecule is COc1ccc(N2CCC(N3CCC(Cc4cccc(CO)c4)C3)CC2)cc1. The number of hydrogen-bond acceptors (Lipinski definition) is 4. The molecule has 2 aromatic rings. The Kier molecular flexibility index (Phi) is 6.18. The van der Waals surface area contributed by atoms with Gasteiger partial charge in [-0.25, -0.2) is 0 Å². The lowest BCUT2D eigenvalue weighted by molar-refractivity contribution is 0.200. The summed E-state index contributed by atoms with van der Waals surface area (Å²) in [6.45, 7) is 4.86. The molecule has 2 heterocycles. The minimum atomic E-state index is 0.136. The van der Waals surface area contributed by atoms with Gasteiger partial charge in [-0.2, -0.15) is 0 Å². The second kappa shape index (κ2) is 8.97. The first-order valence-electron chi connectivity index (χ1n) is 10.6. The summed E-state index contributed by atoms with van der Waals surface area (Å²) in [6.07, 6.45) is 4.93. The second-order valence-electron chi connectivity index (χ2n) is 8.25. The Bertz CT molecular complexity index is 753. The Hall–Kier alpha value is -2.04. The van der Waals surface area contributed by atoms with Crippen LogP contribution in [-0.4, -0.2) is 49.3 Å². The van der Waals surface area contributed by atoms with Crippen molar-refractivity contribution in [1.29, 1.82) is 0 Å². The minimum absolute atomic E-state index is 0.136. The van der Waals surface area contributed by atoms with Gasteiger partial charge in [0.15, 0.2) is 0 Å². The van der Waals surface area contributed by atoms with E-state index in [2.05, 4.69) is 52.3 Å². The van der Waals surface area contributed by atoms with Gasteiger partial charge in [-0.3, -0.25) is 4.90 Å². The highest BCUT2D eigenvalue weighted by atomic mass is 16.5. The zero-order chi connectivity index (χ0) is 19.3. The van der Waals surface area contributed by atoms with Crippen LogP contribution in [0.5, 0.6) is 5.75 Å². The molecule has 0 aliphatic carbocycles. The third-order valence-corrected chi connectivity index (χ3v) is 6.43. The molecule has 28 heavy (non-hydrogen) atoms. The lowest BCUT2D eigenvalue weighted by atomic mass is 9.97. The molecule has 4 rings (SSSR count). The predicted octanol–water partition coefficient (Wildman–Crippen LogP) is 3.72. The summed E-state index contributed by atoms with van der Waals surface area (Å²) in [6, 6.07) is 17.6. The Labute approximate surface area is 168 Å². The maximum Gasteiger partial charge on any atom is 0.119 e. The van der Waals surface area contributed by atoms with E-state index in [1.807, 2.05) is 6.07 Å². The van der Waals surface area contributed by atoms with Crippen LogP contribution in [0.2, 0.25) is 0 Å². The number of hydrogen-bond donors (Lipinski definition) is 1. The molecule has 2 aromatic carbocycles. The third kappa shape index (κ3) is 4.50. The van der Waals surface area contributed by atoms with Gasteiger partial charge in [-0.15, -0.1) is 0 Å². The fraction of sp³-hybridized carbons (Fsp3) is 0.500. The number of ether oxygens (including phenoxy) is 1. The van der Waals surface area contributed by atoms with Gasteiger partial charge in [-0.1, -0.05) is 24.3 Å². The van der Waals surface area contributed by atoms with Crippen molar-refractivity contribution in [2.24, 2.45) is 5.92 Å². The molecule has 2 aliphatic rings. The van der Waals surface area contributed by atoms with E-state index in [-0.39, 0.29) is 6.61 Å². The molecule has 0 radical (unpaired) electrons. The van der Waals surface area contributed by atoms with Crippen LogP contribution in [0, 0.1) is 5.92 Å². The van der Waals surface area contributed by atoms with Crippen molar-refractivity contribution >= 4 is 5.69 Å². The van der Waals surface area contributed by atoms with Crippen molar-refractivity contribution in [1.82, 2.24) is 4.90 Å². The topological polar surface area (TPSA) is 35.9 Å². The quantitative estimate of drug-likeness (QED) is 0.829. The van der Waals surface area contributed by atoms with Crippen molar-refractivity contribution in [2.45, 2.75) is 38.3 Å². The molecular formula is C24H32N2O2. The standard InChI is InChI=1S/C24H32N2O2/c1-28-24-7-5-22(6-8-24)25-13-10-23(11-14-25)26-12-9-20(17-26)15-19-3-2-4-21(16-19)18-27/h2-8,16,20,23,27H,9-15,17-18H2,1H3. The van der Waals surface area contributed by atoms with E-state index >= 15 is 0 Å². The van der Waals surface area contributed by atoms with Crippen LogP contribution in [0.4, 0.5) is 5.69 Å². The Morgan fingerprint density at radius 3 is 2.43 bits per heavy atom. The second-order valence-corrected chi connectivity index (χ2v) is 8.25. The van der Waals surface area contributed by atoms with Crippen molar-refractivity contribution in [3.63, 3.8) is 0 Å². The Morgan fingerprint density at radius 2 is 1.71 bits per heavy atom. The first-order chi connectivity index (χ1) is 13.7. The number of aliphatic hydroxyl groups is 1. The highest BCUT2D eigenvalue weighted by molar-refractivity contribution is 5.49. The number of nitrogens with zero attached hydrogens (tertiary/aromatic N) is 2. The molecule has 0 saturated carbocycles. The van der Waals surface area contributed by atoms with E-state index in [1.54, 1.807) is 7.11 Å². The highest BCUT2D eigenvalue weighted by Crippen LogP contribution is 2.29. The van der Waals surface area contributed by atoms with E-state index in [1.165, 1.54) is 43.6 Å².